The maximum atomic E-state index is 10.2. The summed E-state index contributed by atoms with van der Waals surface area (Å²) in [4.78, 5) is 9.96. The molecule has 1 aliphatic carbocycles. The van der Waals surface area contributed by atoms with Gasteiger partial charge in [-0.15, -0.1) is 0 Å². The first kappa shape index (κ1) is 7.23. The molecule has 0 unspecified atom stereocenters. The Morgan fingerprint density at radius 1 is 1.60 bits per heavy atom. The molecule has 0 radical (unpaired) electrons. The number of hydrogen-bond donors (Lipinski definition) is 2. The van der Waals surface area contributed by atoms with Crippen LogP contribution in [0.25, 0.3) is 0 Å². The molecule has 5 nitrogen and oxygen atoms in total. The van der Waals surface area contributed by atoms with Crippen molar-refractivity contribution in [2.75, 3.05) is 0 Å². The van der Waals surface area contributed by atoms with Crippen LogP contribution in [0.3, 0.4) is 0 Å². The smallest absolute Gasteiger partial charge is 0.291 e. The number of amides is 1. The van der Waals surface area contributed by atoms with Crippen LogP contribution < -0.4 is 5.73 Å². The maximum absolute atomic E-state index is 10.2. The van der Waals surface area contributed by atoms with Crippen molar-refractivity contribution in [2.45, 2.75) is 6.42 Å². The lowest BCUT2D eigenvalue weighted by Crippen LogP contribution is -2.08. The van der Waals surface area contributed by atoms with E-state index >= 15 is 0 Å². The summed E-state index contributed by atoms with van der Waals surface area (Å²) in [7, 11) is -4.15. The van der Waals surface area contributed by atoms with Gasteiger partial charge in [-0.25, -0.2) is 0 Å². The molecule has 1 amide bonds. The van der Waals surface area contributed by atoms with Crippen molar-refractivity contribution < 1.29 is 17.8 Å². The number of carbonyl (C=O) groups is 1. The third-order valence-electron chi connectivity index (χ3n) is 1.16. The van der Waals surface area contributed by atoms with E-state index in [1.807, 2.05) is 0 Å². The van der Waals surface area contributed by atoms with Gasteiger partial charge in [-0.3, -0.25) is 9.35 Å². The number of allylic oxidation sites excluding steroid dienone is 1. The highest BCUT2D eigenvalue weighted by molar-refractivity contribution is 7.90. The van der Waals surface area contributed by atoms with Crippen LogP contribution in [0.15, 0.2) is 10.5 Å². The van der Waals surface area contributed by atoms with E-state index in [1.165, 1.54) is 0 Å². The zero-order valence-electron chi connectivity index (χ0n) is 4.86. The lowest BCUT2D eigenvalue weighted by Gasteiger charge is -1.79. The van der Waals surface area contributed by atoms with E-state index < -0.39 is 16.0 Å². The molecule has 0 saturated carbocycles. The van der Waals surface area contributed by atoms with Gasteiger partial charge in [0, 0.05) is 12.0 Å². The summed E-state index contributed by atoms with van der Waals surface area (Å²) >= 11 is 0. The number of primary amides is 1. The van der Waals surface area contributed by atoms with E-state index in [0.29, 0.717) is 0 Å². The van der Waals surface area contributed by atoms with Gasteiger partial charge in [-0.1, -0.05) is 0 Å². The van der Waals surface area contributed by atoms with Crippen molar-refractivity contribution in [2.24, 2.45) is 5.73 Å². The fourth-order valence-electron chi connectivity index (χ4n) is 0.588. The number of nitrogens with two attached hydrogens (primary N) is 1. The maximum Gasteiger partial charge on any atom is 0.291 e. The summed E-state index contributed by atoms with van der Waals surface area (Å²) in [6, 6.07) is 0. The Labute approximate surface area is 57.3 Å². The standard InChI is InChI=1S/C4H5NO4S/c5-4(6)2-1-3(2)10(7,8)9/h1H2,(H2,5,6)(H,7,8,9). The molecule has 56 valence electrons. The van der Waals surface area contributed by atoms with Gasteiger partial charge in [0.15, 0.2) is 0 Å². The molecule has 0 aromatic carbocycles. The summed E-state index contributed by atoms with van der Waals surface area (Å²) in [6.45, 7) is 0. The molecule has 10 heavy (non-hydrogen) atoms. The Kier molecular flexibility index (Phi) is 1.30. The molecule has 0 aromatic rings. The van der Waals surface area contributed by atoms with Crippen LogP contribution in [0.4, 0.5) is 0 Å². The van der Waals surface area contributed by atoms with Crippen molar-refractivity contribution in [3.8, 4) is 0 Å². The van der Waals surface area contributed by atoms with Gasteiger partial charge in [-0.2, -0.15) is 8.42 Å². The van der Waals surface area contributed by atoms with Gasteiger partial charge in [-0.05, 0) is 0 Å². The molecule has 0 heterocycles. The average molecular weight is 163 g/mol. The van der Waals surface area contributed by atoms with Crippen molar-refractivity contribution in [1.82, 2.24) is 0 Å². The van der Waals surface area contributed by atoms with Gasteiger partial charge in [0.1, 0.15) is 0 Å². The normalized spacial score (nSPS) is 17.3. The molecule has 0 saturated heterocycles. The fourth-order valence-corrected chi connectivity index (χ4v) is 1.33. The molecular weight excluding hydrogens is 158 g/mol. The molecule has 6 heteroatoms. The zero-order valence-corrected chi connectivity index (χ0v) is 5.68. The van der Waals surface area contributed by atoms with Gasteiger partial charge in [0.25, 0.3) is 10.1 Å². The van der Waals surface area contributed by atoms with Gasteiger partial charge in [0.05, 0.1) is 4.91 Å². The van der Waals surface area contributed by atoms with Crippen LogP contribution in [0.5, 0.6) is 0 Å². The van der Waals surface area contributed by atoms with E-state index in [0.717, 1.165) is 0 Å². The molecule has 0 atom stereocenters. The Hall–Kier alpha value is -0.880. The Morgan fingerprint density at radius 2 is 2.10 bits per heavy atom. The third-order valence-corrected chi connectivity index (χ3v) is 2.17. The van der Waals surface area contributed by atoms with Crippen LogP contribution in [0, 0.1) is 0 Å². The van der Waals surface area contributed by atoms with Crippen molar-refractivity contribution >= 4 is 16.0 Å². The van der Waals surface area contributed by atoms with Crippen LogP contribution in [-0.2, 0) is 14.9 Å². The summed E-state index contributed by atoms with van der Waals surface area (Å²) in [5.41, 5.74) is 4.71. The van der Waals surface area contributed by atoms with Crippen LogP contribution in [-0.4, -0.2) is 18.9 Å². The molecule has 3 N–H and O–H groups in total. The van der Waals surface area contributed by atoms with Crippen molar-refractivity contribution in [1.29, 1.82) is 0 Å². The Bertz CT molecular complexity index is 312. The lowest BCUT2D eigenvalue weighted by molar-refractivity contribution is -0.114. The number of rotatable bonds is 2. The summed E-state index contributed by atoms with van der Waals surface area (Å²) in [5, 5.41) is 0. The average Bonchev–Trinajstić information content (AvgIpc) is 2.35. The molecule has 0 aliphatic heterocycles. The Morgan fingerprint density at radius 3 is 2.20 bits per heavy atom. The van der Waals surface area contributed by atoms with E-state index in [1.54, 1.807) is 0 Å². The molecule has 1 rings (SSSR count). The number of hydrogen-bond acceptors (Lipinski definition) is 3. The summed E-state index contributed by atoms with van der Waals surface area (Å²) in [5.74, 6) is -0.785. The van der Waals surface area contributed by atoms with Crippen LogP contribution >= 0.6 is 0 Å². The second kappa shape index (κ2) is 1.80. The quantitative estimate of drug-likeness (QED) is 0.511. The molecule has 0 aromatic heterocycles. The first-order chi connectivity index (χ1) is 4.43. The lowest BCUT2D eigenvalue weighted by atomic mass is 10.5. The zero-order chi connectivity index (χ0) is 7.94. The number of carbonyl (C=O) groups excluding carboxylic acids is 1. The summed E-state index contributed by atoms with van der Waals surface area (Å²) in [6.07, 6.45) is -0.00579. The second-order valence-corrected chi connectivity index (χ2v) is 3.36. The molecule has 0 fully saturated rings. The fraction of sp³-hybridized carbons (Fsp3) is 0.250. The highest BCUT2D eigenvalue weighted by atomic mass is 32.2. The first-order valence-electron chi connectivity index (χ1n) is 2.42. The molecule has 0 bridgehead atoms. The predicted octanol–water partition coefficient (Wildman–Crippen LogP) is -0.983. The summed E-state index contributed by atoms with van der Waals surface area (Å²) < 4.78 is 28.7. The molecule has 0 spiro atoms. The SMILES string of the molecule is NC(=O)C1=C(S(=O)(=O)O)C1. The minimum absolute atomic E-state index is 0.00231. The minimum atomic E-state index is -4.15. The highest BCUT2D eigenvalue weighted by Gasteiger charge is 2.35. The monoisotopic (exact) mass is 163 g/mol. The second-order valence-electron chi connectivity index (χ2n) is 1.92. The van der Waals surface area contributed by atoms with Gasteiger partial charge < -0.3 is 5.73 Å². The van der Waals surface area contributed by atoms with Crippen molar-refractivity contribution in [3.05, 3.63) is 10.5 Å². The first-order valence-corrected chi connectivity index (χ1v) is 3.86. The third kappa shape index (κ3) is 1.17. The van der Waals surface area contributed by atoms with Gasteiger partial charge >= 0.3 is 0 Å². The van der Waals surface area contributed by atoms with E-state index in [2.05, 4.69) is 0 Å². The van der Waals surface area contributed by atoms with Crippen LogP contribution in [0.1, 0.15) is 6.42 Å². The van der Waals surface area contributed by atoms with E-state index in [4.69, 9.17) is 10.3 Å². The minimum Gasteiger partial charge on any atom is -0.366 e. The van der Waals surface area contributed by atoms with E-state index in [9.17, 15) is 13.2 Å². The van der Waals surface area contributed by atoms with Crippen LogP contribution in [0.2, 0.25) is 0 Å². The molecule has 1 aliphatic rings. The predicted molar refractivity (Wildman–Crippen MR) is 32.4 cm³/mol. The van der Waals surface area contributed by atoms with Gasteiger partial charge in [0.2, 0.25) is 5.91 Å². The highest BCUT2D eigenvalue weighted by Crippen LogP contribution is 2.34. The molecular formula is C4H5NO4S. The Balaban J connectivity index is 2.95. The van der Waals surface area contributed by atoms with E-state index in [-0.39, 0.29) is 16.9 Å². The van der Waals surface area contributed by atoms with Crippen molar-refractivity contribution in [3.63, 3.8) is 0 Å². The topological polar surface area (TPSA) is 97.5 Å². The largest absolute Gasteiger partial charge is 0.366 e.